The zero-order valence-corrected chi connectivity index (χ0v) is 17.3. The smallest absolute Gasteiger partial charge is 0.273 e. The summed E-state index contributed by atoms with van der Waals surface area (Å²) in [6.07, 6.45) is 4.39. The van der Waals surface area contributed by atoms with Crippen LogP contribution in [0.25, 0.3) is 0 Å². The Balaban J connectivity index is 3.42. The van der Waals surface area contributed by atoms with Crippen LogP contribution in [0.1, 0.15) is 52.2 Å². The highest BCUT2D eigenvalue weighted by Crippen LogP contribution is 2.24. The lowest BCUT2D eigenvalue weighted by atomic mass is 9.97. The molecule has 0 unspecified atom stereocenters. The predicted octanol–water partition coefficient (Wildman–Crippen LogP) is 1.38. The maximum Gasteiger partial charge on any atom is 0.273 e. The van der Waals surface area contributed by atoms with Crippen molar-refractivity contribution in [3.8, 4) is 0 Å². The maximum absolute atomic E-state index is 12.5. The van der Waals surface area contributed by atoms with Crippen molar-refractivity contribution in [2.24, 2.45) is 0 Å². The number of furan rings is 1. The van der Waals surface area contributed by atoms with Crippen molar-refractivity contribution in [2.45, 2.75) is 62.0 Å². The lowest BCUT2D eigenvalue weighted by Gasteiger charge is -2.23. The number of nitrogens with zero attached hydrogens (tertiary/aromatic N) is 1. The molecular formula is C15H27N3O6S2. The zero-order chi connectivity index (χ0) is 20.2. The van der Waals surface area contributed by atoms with Crippen LogP contribution in [-0.4, -0.2) is 47.4 Å². The Morgan fingerprint density at radius 3 is 2.23 bits per heavy atom. The standard InChI is InChI=1S/C15H27N3O6S2/c1-6-7-8-9-15(2,3)18(19)11-12-13(25(20,21)16-4)10-14(24-12)26(22,23)17-5/h10-11,16-17H,6-9H2,1-5H3. The van der Waals surface area contributed by atoms with Gasteiger partial charge in [0.25, 0.3) is 10.0 Å². The van der Waals surface area contributed by atoms with Gasteiger partial charge >= 0.3 is 0 Å². The van der Waals surface area contributed by atoms with E-state index in [0.717, 1.165) is 31.5 Å². The molecule has 1 aromatic heterocycles. The fourth-order valence-electron chi connectivity index (χ4n) is 2.21. The molecule has 1 rings (SSSR count). The van der Waals surface area contributed by atoms with Crippen LogP contribution in [0.3, 0.4) is 0 Å². The van der Waals surface area contributed by atoms with Crippen LogP contribution in [0.4, 0.5) is 0 Å². The average molecular weight is 410 g/mol. The summed E-state index contributed by atoms with van der Waals surface area (Å²) in [5, 5.41) is 12.0. The summed E-state index contributed by atoms with van der Waals surface area (Å²) in [6, 6.07) is 0.876. The molecule has 0 spiro atoms. The van der Waals surface area contributed by atoms with Gasteiger partial charge in [0, 0.05) is 26.3 Å². The molecule has 150 valence electrons. The molecule has 0 saturated heterocycles. The molecule has 9 nitrogen and oxygen atoms in total. The molecule has 11 heteroatoms. The van der Waals surface area contributed by atoms with Crippen molar-refractivity contribution in [3.05, 3.63) is 17.0 Å². The van der Waals surface area contributed by atoms with Crippen molar-refractivity contribution in [1.82, 2.24) is 9.44 Å². The third-order valence-corrected chi connectivity index (χ3v) is 6.72. The first-order valence-electron chi connectivity index (χ1n) is 8.23. The van der Waals surface area contributed by atoms with Gasteiger partial charge in [0.15, 0.2) is 5.54 Å². The molecule has 2 N–H and O–H groups in total. The first-order chi connectivity index (χ1) is 11.9. The molecule has 1 heterocycles. The van der Waals surface area contributed by atoms with Crippen LogP contribution in [0.5, 0.6) is 0 Å². The Bertz CT molecular complexity index is 854. The third-order valence-electron chi connectivity index (χ3n) is 4.02. The first kappa shape index (κ1) is 22.6. The van der Waals surface area contributed by atoms with E-state index in [9.17, 15) is 22.0 Å². The summed E-state index contributed by atoms with van der Waals surface area (Å²) in [5.41, 5.74) is -0.801. The molecule has 26 heavy (non-hydrogen) atoms. The molecule has 0 aliphatic carbocycles. The van der Waals surface area contributed by atoms with E-state index in [2.05, 4.69) is 11.6 Å². The Labute approximate surface area is 155 Å². The number of unbranched alkanes of at least 4 members (excludes halogenated alkanes) is 2. The summed E-state index contributed by atoms with van der Waals surface area (Å²) in [4.78, 5) is -0.418. The highest BCUT2D eigenvalue weighted by molar-refractivity contribution is 7.90. The van der Waals surface area contributed by atoms with Crippen LogP contribution in [0.15, 0.2) is 20.5 Å². The molecule has 0 bridgehead atoms. The lowest BCUT2D eigenvalue weighted by Crippen LogP contribution is -2.33. The molecule has 0 radical (unpaired) electrons. The molecule has 0 amide bonds. The van der Waals surface area contributed by atoms with E-state index in [1.54, 1.807) is 13.8 Å². The third kappa shape index (κ3) is 5.29. The molecule has 0 fully saturated rings. The quantitative estimate of drug-likeness (QED) is 0.197. The minimum atomic E-state index is -4.02. The Hall–Kier alpha value is -1.43. The van der Waals surface area contributed by atoms with Crippen molar-refractivity contribution in [2.75, 3.05) is 14.1 Å². The van der Waals surface area contributed by atoms with Gasteiger partial charge in [-0.2, -0.15) is 0 Å². The largest absolute Gasteiger partial charge is 0.623 e. The van der Waals surface area contributed by atoms with Crippen LogP contribution in [-0.2, 0) is 20.0 Å². The monoisotopic (exact) mass is 409 g/mol. The van der Waals surface area contributed by atoms with Crippen molar-refractivity contribution < 1.29 is 26.0 Å². The topological polar surface area (TPSA) is 132 Å². The highest BCUT2D eigenvalue weighted by atomic mass is 32.2. The van der Waals surface area contributed by atoms with E-state index >= 15 is 0 Å². The van der Waals surface area contributed by atoms with Gasteiger partial charge in [0.2, 0.25) is 27.1 Å². The van der Waals surface area contributed by atoms with Gasteiger partial charge in [-0.3, -0.25) is 0 Å². The fourth-order valence-corrected chi connectivity index (χ4v) is 3.80. The van der Waals surface area contributed by atoms with Gasteiger partial charge in [0.1, 0.15) is 4.90 Å². The molecular weight excluding hydrogens is 382 g/mol. The SMILES string of the molecule is CCCCCC(C)(C)[N+]([O-])=Cc1oc(S(=O)(=O)NC)cc1S(=O)(=O)NC. The number of hydrogen-bond acceptors (Lipinski definition) is 6. The number of hydrogen-bond donors (Lipinski definition) is 2. The number of nitrogens with one attached hydrogen (secondary N) is 2. The lowest BCUT2D eigenvalue weighted by molar-refractivity contribution is -0.537. The van der Waals surface area contributed by atoms with Gasteiger partial charge < -0.3 is 9.62 Å². The first-order valence-corrected chi connectivity index (χ1v) is 11.2. The molecule has 0 aliphatic heterocycles. The summed E-state index contributed by atoms with van der Waals surface area (Å²) >= 11 is 0. The molecule has 1 aromatic rings. The normalized spacial score (nSPS) is 14.0. The molecule has 0 aromatic carbocycles. The number of sulfonamides is 2. The molecule has 0 atom stereocenters. The second-order valence-electron chi connectivity index (χ2n) is 6.43. The van der Waals surface area contributed by atoms with E-state index in [-0.39, 0.29) is 5.76 Å². The van der Waals surface area contributed by atoms with Crippen LogP contribution >= 0.6 is 0 Å². The Morgan fingerprint density at radius 2 is 1.73 bits per heavy atom. The Kier molecular flexibility index (Phi) is 7.40. The second kappa shape index (κ2) is 8.51. The van der Waals surface area contributed by atoms with Gasteiger partial charge in [-0.1, -0.05) is 19.8 Å². The minimum absolute atomic E-state index is 0.341. The zero-order valence-electron chi connectivity index (χ0n) is 15.7. The minimum Gasteiger partial charge on any atom is -0.623 e. The average Bonchev–Trinajstić information content (AvgIpc) is 3.00. The van der Waals surface area contributed by atoms with E-state index in [0.29, 0.717) is 11.2 Å². The summed E-state index contributed by atoms with van der Waals surface area (Å²) in [6.45, 7) is 5.51. The van der Waals surface area contributed by atoms with E-state index < -0.39 is 35.6 Å². The summed E-state index contributed by atoms with van der Waals surface area (Å²) in [7, 11) is -5.67. The van der Waals surface area contributed by atoms with Gasteiger partial charge in [0.05, 0.1) is 0 Å². The van der Waals surface area contributed by atoms with Gasteiger partial charge in [-0.25, -0.2) is 31.0 Å². The van der Waals surface area contributed by atoms with E-state index in [4.69, 9.17) is 4.42 Å². The van der Waals surface area contributed by atoms with Crippen molar-refractivity contribution in [1.29, 1.82) is 0 Å². The predicted molar refractivity (Wildman–Crippen MR) is 98.2 cm³/mol. The highest BCUT2D eigenvalue weighted by Gasteiger charge is 2.31. The molecule has 0 aliphatic rings. The summed E-state index contributed by atoms with van der Waals surface area (Å²) in [5.74, 6) is -0.341. The van der Waals surface area contributed by atoms with Crippen LogP contribution in [0.2, 0.25) is 0 Å². The second-order valence-corrected chi connectivity index (χ2v) is 10.1. The summed E-state index contributed by atoms with van der Waals surface area (Å²) < 4.78 is 58.1. The maximum atomic E-state index is 12.5. The van der Waals surface area contributed by atoms with Crippen molar-refractivity contribution in [3.63, 3.8) is 0 Å². The van der Waals surface area contributed by atoms with Crippen LogP contribution < -0.4 is 9.44 Å². The Morgan fingerprint density at radius 1 is 1.15 bits per heavy atom. The molecule has 0 saturated carbocycles. The van der Waals surface area contributed by atoms with Gasteiger partial charge in [-0.15, -0.1) is 0 Å². The number of hydroxylamine groups is 1. The van der Waals surface area contributed by atoms with Crippen LogP contribution in [0, 0.1) is 5.21 Å². The van der Waals surface area contributed by atoms with Gasteiger partial charge in [-0.05, 0) is 20.5 Å². The van der Waals surface area contributed by atoms with E-state index in [1.165, 1.54) is 14.1 Å². The van der Waals surface area contributed by atoms with Crippen molar-refractivity contribution >= 4 is 26.3 Å². The van der Waals surface area contributed by atoms with E-state index in [1.807, 2.05) is 4.72 Å². The number of rotatable bonds is 10. The fraction of sp³-hybridized carbons (Fsp3) is 0.667.